The standard InChI is InChI=1S/C11H24N2O2/c1-5-11(6-2,8-14)13-10(15)12-7-9(3)4/h9,14H,5-8H2,1-4H3,(H2,12,13,15). The smallest absolute Gasteiger partial charge is 0.315 e. The molecule has 0 saturated carbocycles. The highest BCUT2D eigenvalue weighted by Crippen LogP contribution is 2.13. The summed E-state index contributed by atoms with van der Waals surface area (Å²) in [6.07, 6.45) is 1.46. The maximum absolute atomic E-state index is 11.5. The fourth-order valence-electron chi connectivity index (χ4n) is 1.27. The first-order valence-corrected chi connectivity index (χ1v) is 5.66. The van der Waals surface area contributed by atoms with Gasteiger partial charge in [0.2, 0.25) is 0 Å². The van der Waals surface area contributed by atoms with E-state index in [9.17, 15) is 9.90 Å². The number of hydrogen-bond acceptors (Lipinski definition) is 2. The van der Waals surface area contributed by atoms with Crippen LogP contribution in [0.15, 0.2) is 0 Å². The van der Waals surface area contributed by atoms with Crippen molar-refractivity contribution in [2.45, 2.75) is 46.1 Å². The normalized spacial score (nSPS) is 11.6. The highest BCUT2D eigenvalue weighted by Gasteiger charge is 2.26. The predicted octanol–water partition coefficient (Wildman–Crippen LogP) is 1.49. The van der Waals surface area contributed by atoms with Gasteiger partial charge in [0.05, 0.1) is 12.1 Å². The number of nitrogens with one attached hydrogen (secondary N) is 2. The summed E-state index contributed by atoms with van der Waals surface area (Å²) in [5.41, 5.74) is -0.471. The number of carbonyl (C=O) groups excluding carboxylic acids is 1. The van der Waals surface area contributed by atoms with Gasteiger partial charge in [-0.15, -0.1) is 0 Å². The molecule has 0 unspecified atom stereocenters. The molecule has 0 aliphatic rings. The molecule has 90 valence electrons. The van der Waals surface area contributed by atoms with Crippen LogP contribution in [-0.2, 0) is 0 Å². The monoisotopic (exact) mass is 216 g/mol. The van der Waals surface area contributed by atoms with Gasteiger partial charge in [-0.2, -0.15) is 0 Å². The second kappa shape index (κ2) is 6.67. The van der Waals surface area contributed by atoms with Crippen molar-refractivity contribution < 1.29 is 9.90 Å². The first kappa shape index (κ1) is 14.2. The zero-order valence-corrected chi connectivity index (χ0v) is 10.3. The molecule has 0 fully saturated rings. The Bertz CT molecular complexity index is 181. The third-order valence-corrected chi connectivity index (χ3v) is 2.71. The topological polar surface area (TPSA) is 61.4 Å². The van der Waals surface area contributed by atoms with Gasteiger partial charge in [-0.25, -0.2) is 4.79 Å². The van der Waals surface area contributed by atoms with Crippen LogP contribution in [0.25, 0.3) is 0 Å². The largest absolute Gasteiger partial charge is 0.394 e. The van der Waals surface area contributed by atoms with Crippen molar-refractivity contribution in [1.29, 1.82) is 0 Å². The minimum atomic E-state index is -0.471. The lowest BCUT2D eigenvalue weighted by Gasteiger charge is -2.30. The quantitative estimate of drug-likeness (QED) is 0.630. The van der Waals surface area contributed by atoms with Crippen LogP contribution in [-0.4, -0.2) is 29.8 Å². The van der Waals surface area contributed by atoms with E-state index in [-0.39, 0.29) is 12.6 Å². The zero-order chi connectivity index (χ0) is 11.9. The van der Waals surface area contributed by atoms with Gasteiger partial charge in [-0.05, 0) is 18.8 Å². The summed E-state index contributed by atoms with van der Waals surface area (Å²) in [4.78, 5) is 11.5. The lowest BCUT2D eigenvalue weighted by atomic mass is 9.94. The number of hydrogen-bond donors (Lipinski definition) is 3. The summed E-state index contributed by atoms with van der Waals surface area (Å²) in [6, 6.07) is -0.193. The molecule has 0 heterocycles. The molecule has 2 amide bonds. The summed E-state index contributed by atoms with van der Waals surface area (Å²) in [6.45, 7) is 8.64. The molecule has 0 saturated heterocycles. The van der Waals surface area contributed by atoms with Crippen molar-refractivity contribution in [3.63, 3.8) is 0 Å². The number of rotatable bonds is 6. The second-order valence-corrected chi connectivity index (χ2v) is 4.37. The number of aliphatic hydroxyl groups excluding tert-OH is 1. The van der Waals surface area contributed by atoms with Crippen LogP contribution in [0.2, 0.25) is 0 Å². The molecule has 4 nitrogen and oxygen atoms in total. The van der Waals surface area contributed by atoms with Gasteiger partial charge in [0.1, 0.15) is 0 Å². The van der Waals surface area contributed by atoms with Crippen LogP contribution in [0.4, 0.5) is 4.79 Å². The van der Waals surface area contributed by atoms with E-state index in [0.29, 0.717) is 12.5 Å². The maximum atomic E-state index is 11.5. The molecule has 0 aromatic carbocycles. The SMILES string of the molecule is CCC(CC)(CO)NC(=O)NCC(C)C. The van der Waals surface area contributed by atoms with Crippen molar-refractivity contribution in [3.8, 4) is 0 Å². The summed E-state index contributed by atoms with van der Waals surface area (Å²) in [5.74, 6) is 0.433. The predicted molar refractivity (Wildman–Crippen MR) is 61.8 cm³/mol. The molecule has 0 radical (unpaired) electrons. The minimum Gasteiger partial charge on any atom is -0.394 e. The lowest BCUT2D eigenvalue weighted by Crippen LogP contribution is -2.54. The van der Waals surface area contributed by atoms with Crippen molar-refractivity contribution in [1.82, 2.24) is 10.6 Å². The van der Waals surface area contributed by atoms with Gasteiger partial charge in [-0.3, -0.25) is 0 Å². The Labute approximate surface area is 92.4 Å². The first-order chi connectivity index (χ1) is 6.99. The van der Waals surface area contributed by atoms with Gasteiger partial charge < -0.3 is 15.7 Å². The first-order valence-electron chi connectivity index (χ1n) is 5.66. The van der Waals surface area contributed by atoms with Crippen LogP contribution in [0.5, 0.6) is 0 Å². The molecule has 0 bridgehead atoms. The van der Waals surface area contributed by atoms with E-state index >= 15 is 0 Å². The maximum Gasteiger partial charge on any atom is 0.315 e. The molecule has 3 N–H and O–H groups in total. The van der Waals surface area contributed by atoms with E-state index in [2.05, 4.69) is 10.6 Å². The Morgan fingerprint density at radius 3 is 2.20 bits per heavy atom. The Balaban J connectivity index is 4.11. The van der Waals surface area contributed by atoms with Crippen molar-refractivity contribution in [3.05, 3.63) is 0 Å². The highest BCUT2D eigenvalue weighted by atomic mass is 16.3. The van der Waals surface area contributed by atoms with E-state index in [0.717, 1.165) is 12.8 Å². The Hall–Kier alpha value is -0.770. The fourth-order valence-corrected chi connectivity index (χ4v) is 1.27. The lowest BCUT2D eigenvalue weighted by molar-refractivity contribution is 0.151. The Morgan fingerprint density at radius 2 is 1.87 bits per heavy atom. The van der Waals surface area contributed by atoms with Crippen molar-refractivity contribution in [2.24, 2.45) is 5.92 Å². The zero-order valence-electron chi connectivity index (χ0n) is 10.3. The molecule has 0 spiro atoms. The molecular weight excluding hydrogens is 192 g/mol. The van der Waals surface area contributed by atoms with Crippen LogP contribution < -0.4 is 10.6 Å². The molecule has 15 heavy (non-hydrogen) atoms. The highest BCUT2D eigenvalue weighted by molar-refractivity contribution is 5.74. The van der Waals surface area contributed by atoms with E-state index < -0.39 is 5.54 Å². The van der Waals surface area contributed by atoms with Crippen molar-refractivity contribution in [2.75, 3.05) is 13.2 Å². The molecule has 0 rings (SSSR count). The van der Waals surface area contributed by atoms with Crippen LogP contribution in [0, 0.1) is 5.92 Å². The summed E-state index contributed by atoms with van der Waals surface area (Å²) >= 11 is 0. The second-order valence-electron chi connectivity index (χ2n) is 4.37. The summed E-state index contributed by atoms with van der Waals surface area (Å²) in [7, 11) is 0. The summed E-state index contributed by atoms with van der Waals surface area (Å²) < 4.78 is 0. The van der Waals surface area contributed by atoms with Crippen LogP contribution in [0.1, 0.15) is 40.5 Å². The Morgan fingerprint density at radius 1 is 1.33 bits per heavy atom. The fraction of sp³-hybridized carbons (Fsp3) is 0.909. The third kappa shape index (κ3) is 5.02. The molecule has 0 atom stereocenters. The van der Waals surface area contributed by atoms with Gasteiger partial charge in [0, 0.05) is 6.54 Å². The van der Waals surface area contributed by atoms with Crippen molar-refractivity contribution >= 4 is 6.03 Å². The Kier molecular flexibility index (Phi) is 6.32. The molecule has 0 aromatic rings. The van der Waals surface area contributed by atoms with E-state index in [1.54, 1.807) is 0 Å². The van der Waals surface area contributed by atoms with E-state index in [1.807, 2.05) is 27.7 Å². The van der Waals surface area contributed by atoms with Gasteiger partial charge in [0.15, 0.2) is 0 Å². The average molecular weight is 216 g/mol. The molecular formula is C11H24N2O2. The molecule has 0 aliphatic heterocycles. The van der Waals surface area contributed by atoms with E-state index in [1.165, 1.54) is 0 Å². The third-order valence-electron chi connectivity index (χ3n) is 2.71. The van der Waals surface area contributed by atoms with Gasteiger partial charge in [0.25, 0.3) is 0 Å². The summed E-state index contributed by atoms with van der Waals surface area (Å²) in [5, 5.41) is 14.9. The van der Waals surface area contributed by atoms with Crippen LogP contribution in [0.3, 0.4) is 0 Å². The number of aliphatic hydroxyl groups is 1. The number of urea groups is 1. The van der Waals surface area contributed by atoms with E-state index in [4.69, 9.17) is 0 Å². The minimum absolute atomic E-state index is 0.0188. The van der Waals surface area contributed by atoms with Crippen LogP contribution >= 0.6 is 0 Å². The number of carbonyl (C=O) groups is 1. The molecule has 4 heteroatoms. The molecule has 0 aliphatic carbocycles. The average Bonchev–Trinajstić information content (AvgIpc) is 2.23. The number of amides is 2. The van der Waals surface area contributed by atoms with Gasteiger partial charge in [-0.1, -0.05) is 27.7 Å². The van der Waals surface area contributed by atoms with Gasteiger partial charge >= 0.3 is 6.03 Å². The molecule has 0 aromatic heterocycles.